The van der Waals surface area contributed by atoms with Crippen molar-refractivity contribution in [1.29, 1.82) is 0 Å². The van der Waals surface area contributed by atoms with E-state index in [0.29, 0.717) is 12.0 Å². The van der Waals surface area contributed by atoms with Crippen LogP contribution in [0.5, 0.6) is 0 Å². The summed E-state index contributed by atoms with van der Waals surface area (Å²) in [7, 11) is 4.66. The van der Waals surface area contributed by atoms with Gasteiger partial charge in [-0.3, -0.25) is 0 Å². The van der Waals surface area contributed by atoms with Gasteiger partial charge in [0.2, 0.25) is 0 Å². The standard InChI is InChI=1S/C19H22N/c1-20(2)15-18(16-9-5-3-6-10-16)13-14-19(20)17-11-7-4-8-12-17/h3-14,18-19H,15H2,1-2H3/q+1. The fourth-order valence-corrected chi connectivity index (χ4v) is 3.24. The van der Waals surface area contributed by atoms with Crippen molar-refractivity contribution in [3.05, 3.63) is 83.9 Å². The predicted octanol–water partition coefficient (Wildman–Crippen LogP) is 4.16. The molecule has 2 aromatic carbocycles. The smallest absolute Gasteiger partial charge is 0.133 e. The minimum atomic E-state index is 0.455. The van der Waals surface area contributed by atoms with Crippen LogP contribution in [0.4, 0.5) is 0 Å². The van der Waals surface area contributed by atoms with Crippen molar-refractivity contribution in [2.45, 2.75) is 12.0 Å². The molecule has 0 amide bonds. The Labute approximate surface area is 121 Å². The first-order valence-corrected chi connectivity index (χ1v) is 7.28. The monoisotopic (exact) mass is 264 g/mol. The van der Waals surface area contributed by atoms with Gasteiger partial charge in [0.05, 0.1) is 26.6 Å². The van der Waals surface area contributed by atoms with Crippen molar-refractivity contribution in [3.8, 4) is 0 Å². The SMILES string of the molecule is C[N+]1(C)CC(c2ccccc2)C=CC1c1ccccc1. The first kappa shape index (κ1) is 13.1. The van der Waals surface area contributed by atoms with Crippen LogP contribution in [-0.2, 0) is 0 Å². The lowest BCUT2D eigenvalue weighted by Crippen LogP contribution is -2.47. The molecule has 0 fully saturated rings. The van der Waals surface area contributed by atoms with Gasteiger partial charge in [-0.05, 0) is 11.6 Å². The second-order valence-corrected chi connectivity index (χ2v) is 6.22. The molecule has 1 aliphatic heterocycles. The van der Waals surface area contributed by atoms with E-state index < -0.39 is 0 Å². The van der Waals surface area contributed by atoms with E-state index >= 15 is 0 Å². The summed E-state index contributed by atoms with van der Waals surface area (Å²) in [5.74, 6) is 0.520. The number of benzene rings is 2. The lowest BCUT2D eigenvalue weighted by atomic mass is 9.90. The van der Waals surface area contributed by atoms with Gasteiger partial charge in [-0.15, -0.1) is 0 Å². The van der Waals surface area contributed by atoms with Crippen molar-refractivity contribution in [2.75, 3.05) is 20.6 Å². The Morgan fingerprint density at radius 2 is 1.30 bits per heavy atom. The Kier molecular flexibility index (Phi) is 3.45. The molecule has 2 atom stereocenters. The van der Waals surface area contributed by atoms with Gasteiger partial charge < -0.3 is 4.48 Å². The Morgan fingerprint density at radius 1 is 0.750 bits per heavy atom. The van der Waals surface area contributed by atoms with Crippen molar-refractivity contribution in [2.24, 2.45) is 0 Å². The van der Waals surface area contributed by atoms with Crippen molar-refractivity contribution >= 4 is 0 Å². The van der Waals surface area contributed by atoms with Crippen LogP contribution >= 0.6 is 0 Å². The van der Waals surface area contributed by atoms with Gasteiger partial charge in [0.1, 0.15) is 6.04 Å². The fraction of sp³-hybridized carbons (Fsp3) is 0.263. The Bertz CT molecular complexity index is 584. The average molecular weight is 264 g/mol. The van der Waals surface area contributed by atoms with Gasteiger partial charge in [0, 0.05) is 5.56 Å². The van der Waals surface area contributed by atoms with Crippen molar-refractivity contribution in [3.63, 3.8) is 0 Å². The molecule has 1 heterocycles. The van der Waals surface area contributed by atoms with Crippen LogP contribution < -0.4 is 0 Å². The van der Waals surface area contributed by atoms with Crippen LogP contribution in [0, 0.1) is 0 Å². The van der Waals surface area contributed by atoms with E-state index in [1.165, 1.54) is 11.1 Å². The summed E-state index contributed by atoms with van der Waals surface area (Å²) in [6.45, 7) is 1.14. The minimum Gasteiger partial charge on any atom is -0.318 e. The van der Waals surface area contributed by atoms with Crippen molar-refractivity contribution < 1.29 is 4.48 Å². The molecular weight excluding hydrogens is 242 g/mol. The van der Waals surface area contributed by atoms with E-state index in [9.17, 15) is 0 Å². The zero-order valence-corrected chi connectivity index (χ0v) is 12.2. The van der Waals surface area contributed by atoms with Crippen LogP contribution in [0.1, 0.15) is 23.1 Å². The molecule has 0 saturated heterocycles. The molecule has 0 N–H and O–H groups in total. The van der Waals surface area contributed by atoms with Crippen LogP contribution in [0.15, 0.2) is 72.8 Å². The van der Waals surface area contributed by atoms with E-state index in [0.717, 1.165) is 11.0 Å². The lowest BCUT2D eigenvalue weighted by Gasteiger charge is -2.42. The number of hydrogen-bond donors (Lipinski definition) is 0. The van der Waals surface area contributed by atoms with E-state index in [2.05, 4.69) is 86.9 Å². The lowest BCUT2D eigenvalue weighted by molar-refractivity contribution is -0.916. The largest absolute Gasteiger partial charge is 0.318 e. The van der Waals surface area contributed by atoms with Crippen molar-refractivity contribution in [1.82, 2.24) is 0 Å². The highest BCUT2D eigenvalue weighted by Gasteiger charge is 2.34. The maximum Gasteiger partial charge on any atom is 0.133 e. The highest BCUT2D eigenvalue weighted by atomic mass is 15.3. The third-order valence-electron chi connectivity index (χ3n) is 4.31. The summed E-state index contributed by atoms with van der Waals surface area (Å²) >= 11 is 0. The van der Waals surface area contributed by atoms with Gasteiger partial charge in [-0.25, -0.2) is 0 Å². The molecule has 3 rings (SSSR count). The first-order chi connectivity index (χ1) is 9.67. The number of nitrogens with zero attached hydrogens (tertiary/aromatic N) is 1. The molecule has 102 valence electrons. The van der Waals surface area contributed by atoms with Crippen LogP contribution in [0.2, 0.25) is 0 Å². The Morgan fingerprint density at radius 3 is 1.85 bits per heavy atom. The van der Waals surface area contributed by atoms with Gasteiger partial charge in [0.15, 0.2) is 0 Å². The highest BCUT2D eigenvalue weighted by molar-refractivity contribution is 5.28. The molecular formula is C19H22N+. The van der Waals surface area contributed by atoms with E-state index in [-0.39, 0.29) is 0 Å². The molecule has 1 nitrogen and oxygen atoms in total. The summed E-state index contributed by atoms with van der Waals surface area (Å²) < 4.78 is 1.00. The van der Waals surface area contributed by atoms with Gasteiger partial charge in [-0.2, -0.15) is 0 Å². The van der Waals surface area contributed by atoms with E-state index in [4.69, 9.17) is 0 Å². The maximum absolute atomic E-state index is 2.39. The van der Waals surface area contributed by atoms with Gasteiger partial charge >= 0.3 is 0 Å². The summed E-state index contributed by atoms with van der Waals surface area (Å²) in [5, 5.41) is 0. The third-order valence-corrected chi connectivity index (χ3v) is 4.31. The summed E-state index contributed by atoms with van der Waals surface area (Å²) in [5.41, 5.74) is 2.82. The molecule has 1 heteroatoms. The summed E-state index contributed by atoms with van der Waals surface area (Å²) in [6.07, 6.45) is 4.77. The quantitative estimate of drug-likeness (QED) is 0.564. The zero-order chi connectivity index (χ0) is 14.0. The molecule has 0 radical (unpaired) electrons. The maximum atomic E-state index is 2.39. The fourth-order valence-electron chi connectivity index (χ4n) is 3.24. The first-order valence-electron chi connectivity index (χ1n) is 7.28. The second-order valence-electron chi connectivity index (χ2n) is 6.22. The molecule has 1 aliphatic rings. The normalized spacial score (nSPS) is 24.5. The summed E-state index contributed by atoms with van der Waals surface area (Å²) in [6, 6.07) is 22.1. The molecule has 2 unspecified atom stereocenters. The number of hydrogen-bond acceptors (Lipinski definition) is 0. The summed E-state index contributed by atoms with van der Waals surface area (Å²) in [4.78, 5) is 0. The number of rotatable bonds is 2. The molecule has 20 heavy (non-hydrogen) atoms. The molecule has 0 aliphatic carbocycles. The Hall–Kier alpha value is -1.86. The molecule has 0 saturated carbocycles. The van der Waals surface area contributed by atoms with E-state index in [1.807, 2.05) is 0 Å². The van der Waals surface area contributed by atoms with E-state index in [1.54, 1.807) is 0 Å². The van der Waals surface area contributed by atoms with Crippen LogP contribution in [0.25, 0.3) is 0 Å². The molecule has 0 spiro atoms. The molecule has 0 aromatic heterocycles. The van der Waals surface area contributed by atoms with Gasteiger partial charge in [-0.1, -0.05) is 66.7 Å². The van der Waals surface area contributed by atoms with Gasteiger partial charge in [0.25, 0.3) is 0 Å². The third kappa shape index (κ3) is 2.54. The van der Waals surface area contributed by atoms with Crippen LogP contribution in [-0.4, -0.2) is 25.1 Å². The average Bonchev–Trinajstić information content (AvgIpc) is 2.48. The predicted molar refractivity (Wildman–Crippen MR) is 84.5 cm³/mol. The topological polar surface area (TPSA) is 0 Å². The second kappa shape index (κ2) is 5.26. The Balaban J connectivity index is 1.91. The minimum absolute atomic E-state index is 0.455. The highest BCUT2D eigenvalue weighted by Crippen LogP contribution is 2.35. The number of likely N-dealkylation sites (N-methyl/N-ethyl adjacent to an activating group) is 1. The van der Waals surface area contributed by atoms with Crippen LogP contribution in [0.3, 0.4) is 0 Å². The zero-order valence-electron chi connectivity index (χ0n) is 12.2. The number of quaternary nitrogens is 1. The molecule has 2 aromatic rings. The molecule has 0 bridgehead atoms.